The van der Waals surface area contributed by atoms with Gasteiger partial charge in [0.05, 0.1) is 5.52 Å². The van der Waals surface area contributed by atoms with Crippen LogP contribution in [0.4, 0.5) is 4.39 Å². The van der Waals surface area contributed by atoms with Crippen LogP contribution >= 0.6 is 0 Å². The van der Waals surface area contributed by atoms with Crippen LogP contribution in [0.3, 0.4) is 0 Å². The van der Waals surface area contributed by atoms with Gasteiger partial charge in [-0.25, -0.2) is 4.39 Å². The van der Waals surface area contributed by atoms with Crippen molar-refractivity contribution in [1.82, 2.24) is 4.98 Å². The van der Waals surface area contributed by atoms with E-state index in [1.807, 2.05) is 44.2 Å². The van der Waals surface area contributed by atoms with E-state index in [0.29, 0.717) is 12.1 Å². The van der Waals surface area contributed by atoms with Gasteiger partial charge in [0.2, 0.25) is 0 Å². The van der Waals surface area contributed by atoms with Gasteiger partial charge in [0.15, 0.2) is 0 Å². The van der Waals surface area contributed by atoms with Crippen molar-refractivity contribution >= 4 is 10.9 Å². The summed E-state index contributed by atoms with van der Waals surface area (Å²) in [6.45, 7) is 4.35. The first-order valence-corrected chi connectivity index (χ1v) is 6.32. The number of fused-ring (bicyclic) bond motifs is 1. The van der Waals surface area contributed by atoms with Crippen molar-refractivity contribution in [3.63, 3.8) is 0 Å². The molecule has 0 aliphatic carbocycles. The van der Waals surface area contributed by atoms with Gasteiger partial charge in [-0.05, 0) is 24.6 Å². The summed E-state index contributed by atoms with van der Waals surface area (Å²) in [5.74, 6) is 0.0597. The maximum absolute atomic E-state index is 14.5. The van der Waals surface area contributed by atoms with E-state index in [9.17, 15) is 4.39 Å². The standard InChI is InChI=1S/C15H19FN2/c1-10(2)13(8-17)15(16)12-7-11-5-3-4-6-14(11)18-9-12/h3-7,9-10,13,15H,8,17H2,1-2H3. The first-order valence-electron chi connectivity index (χ1n) is 6.32. The molecule has 0 aliphatic heterocycles. The zero-order valence-electron chi connectivity index (χ0n) is 10.8. The number of nitrogens with two attached hydrogens (primary N) is 1. The Balaban J connectivity index is 2.35. The van der Waals surface area contributed by atoms with Crippen molar-refractivity contribution in [3.05, 3.63) is 42.1 Å². The van der Waals surface area contributed by atoms with Gasteiger partial charge < -0.3 is 5.73 Å². The molecule has 1 heterocycles. The molecule has 0 saturated heterocycles. The van der Waals surface area contributed by atoms with Gasteiger partial charge in [0.1, 0.15) is 6.17 Å². The minimum absolute atomic E-state index is 0.159. The van der Waals surface area contributed by atoms with E-state index in [0.717, 1.165) is 10.9 Å². The molecule has 0 saturated carbocycles. The second-order valence-electron chi connectivity index (χ2n) is 5.01. The number of nitrogens with zero attached hydrogens (tertiary/aromatic N) is 1. The zero-order chi connectivity index (χ0) is 13.1. The third-order valence-corrected chi connectivity index (χ3v) is 3.43. The Morgan fingerprint density at radius 2 is 2.00 bits per heavy atom. The van der Waals surface area contributed by atoms with Gasteiger partial charge >= 0.3 is 0 Å². The smallest absolute Gasteiger partial charge is 0.131 e. The summed E-state index contributed by atoms with van der Waals surface area (Å²) in [5, 5.41) is 0.970. The average Bonchev–Trinajstić information content (AvgIpc) is 2.38. The van der Waals surface area contributed by atoms with Crippen molar-refractivity contribution in [2.45, 2.75) is 20.0 Å². The molecule has 2 unspecified atom stereocenters. The fourth-order valence-electron chi connectivity index (χ4n) is 2.22. The van der Waals surface area contributed by atoms with E-state index >= 15 is 0 Å². The third kappa shape index (κ3) is 2.51. The van der Waals surface area contributed by atoms with Crippen LogP contribution in [0.1, 0.15) is 25.6 Å². The molecule has 0 radical (unpaired) electrons. The van der Waals surface area contributed by atoms with Crippen molar-refractivity contribution in [2.75, 3.05) is 6.54 Å². The van der Waals surface area contributed by atoms with Crippen molar-refractivity contribution in [2.24, 2.45) is 17.6 Å². The van der Waals surface area contributed by atoms with Crippen LogP contribution in [0.15, 0.2) is 36.5 Å². The molecular weight excluding hydrogens is 227 g/mol. The SMILES string of the molecule is CC(C)C(CN)C(F)c1cnc2ccccc2c1. The molecular formula is C15H19FN2. The first-order chi connectivity index (χ1) is 8.63. The Kier molecular flexibility index (Phi) is 3.92. The van der Waals surface area contributed by atoms with Crippen LogP contribution in [-0.2, 0) is 0 Å². The van der Waals surface area contributed by atoms with Crippen molar-refractivity contribution < 1.29 is 4.39 Å². The maximum atomic E-state index is 14.5. The zero-order valence-corrected chi connectivity index (χ0v) is 10.8. The van der Waals surface area contributed by atoms with Crippen LogP contribution in [-0.4, -0.2) is 11.5 Å². The number of para-hydroxylation sites is 1. The van der Waals surface area contributed by atoms with E-state index < -0.39 is 6.17 Å². The van der Waals surface area contributed by atoms with Gasteiger partial charge in [-0.1, -0.05) is 32.0 Å². The van der Waals surface area contributed by atoms with E-state index in [2.05, 4.69) is 4.98 Å². The quantitative estimate of drug-likeness (QED) is 0.897. The first kappa shape index (κ1) is 13.0. The van der Waals surface area contributed by atoms with Crippen LogP contribution in [0.25, 0.3) is 10.9 Å². The van der Waals surface area contributed by atoms with E-state index in [-0.39, 0.29) is 11.8 Å². The van der Waals surface area contributed by atoms with E-state index in [1.54, 1.807) is 6.20 Å². The molecule has 1 aromatic carbocycles. The molecule has 2 nitrogen and oxygen atoms in total. The third-order valence-electron chi connectivity index (χ3n) is 3.43. The summed E-state index contributed by atoms with van der Waals surface area (Å²) < 4.78 is 14.5. The fraction of sp³-hybridized carbons (Fsp3) is 0.400. The highest BCUT2D eigenvalue weighted by Crippen LogP contribution is 2.31. The number of hydrogen-bond acceptors (Lipinski definition) is 2. The summed E-state index contributed by atoms with van der Waals surface area (Å²) in [7, 11) is 0. The van der Waals surface area contributed by atoms with Crippen LogP contribution in [0, 0.1) is 11.8 Å². The number of hydrogen-bond donors (Lipinski definition) is 1. The van der Waals surface area contributed by atoms with Gasteiger partial charge in [-0.3, -0.25) is 4.98 Å². The van der Waals surface area contributed by atoms with Crippen LogP contribution in [0.5, 0.6) is 0 Å². The molecule has 1 aromatic heterocycles. The Morgan fingerprint density at radius 3 is 2.67 bits per heavy atom. The van der Waals surface area contributed by atoms with Crippen molar-refractivity contribution in [1.29, 1.82) is 0 Å². The molecule has 0 amide bonds. The number of rotatable bonds is 4. The lowest BCUT2D eigenvalue weighted by atomic mass is 9.88. The van der Waals surface area contributed by atoms with E-state index in [4.69, 9.17) is 5.73 Å². The molecule has 0 aliphatic rings. The Morgan fingerprint density at radius 1 is 1.28 bits per heavy atom. The Labute approximate surface area is 107 Å². The molecule has 96 valence electrons. The minimum atomic E-state index is -1.05. The summed E-state index contributed by atoms with van der Waals surface area (Å²) in [4.78, 5) is 4.30. The van der Waals surface area contributed by atoms with Gasteiger partial charge in [-0.2, -0.15) is 0 Å². The largest absolute Gasteiger partial charge is 0.330 e. The van der Waals surface area contributed by atoms with Gasteiger partial charge in [0, 0.05) is 23.1 Å². The van der Waals surface area contributed by atoms with Crippen LogP contribution < -0.4 is 5.73 Å². The number of pyridine rings is 1. The molecule has 0 bridgehead atoms. The fourth-order valence-corrected chi connectivity index (χ4v) is 2.22. The summed E-state index contributed by atoms with van der Waals surface area (Å²) in [6, 6.07) is 9.61. The number of halogens is 1. The average molecular weight is 246 g/mol. The highest BCUT2D eigenvalue weighted by atomic mass is 19.1. The summed E-state index contributed by atoms with van der Waals surface area (Å²) in [6.07, 6.45) is 0.574. The number of aromatic nitrogens is 1. The van der Waals surface area contributed by atoms with Gasteiger partial charge in [-0.15, -0.1) is 0 Å². The van der Waals surface area contributed by atoms with E-state index in [1.165, 1.54) is 0 Å². The summed E-state index contributed by atoms with van der Waals surface area (Å²) >= 11 is 0. The predicted molar refractivity (Wildman–Crippen MR) is 73.0 cm³/mol. The van der Waals surface area contributed by atoms with Crippen LogP contribution in [0.2, 0.25) is 0 Å². The Hall–Kier alpha value is -1.48. The van der Waals surface area contributed by atoms with Crippen molar-refractivity contribution in [3.8, 4) is 0 Å². The number of alkyl halides is 1. The molecule has 2 atom stereocenters. The number of benzene rings is 1. The maximum Gasteiger partial charge on any atom is 0.131 e. The van der Waals surface area contributed by atoms with Gasteiger partial charge in [0.25, 0.3) is 0 Å². The summed E-state index contributed by atoms with van der Waals surface area (Å²) in [5.41, 5.74) is 7.18. The molecule has 3 heteroatoms. The lowest BCUT2D eigenvalue weighted by molar-refractivity contribution is 0.188. The second kappa shape index (κ2) is 5.44. The highest BCUT2D eigenvalue weighted by Gasteiger charge is 2.24. The normalized spacial score (nSPS) is 14.9. The molecule has 2 aromatic rings. The molecule has 2 N–H and O–H groups in total. The predicted octanol–water partition coefficient (Wildman–Crippen LogP) is 3.48. The molecule has 0 spiro atoms. The highest BCUT2D eigenvalue weighted by molar-refractivity contribution is 5.78. The molecule has 2 rings (SSSR count). The lowest BCUT2D eigenvalue weighted by Crippen LogP contribution is -2.24. The monoisotopic (exact) mass is 246 g/mol. The minimum Gasteiger partial charge on any atom is -0.330 e. The lowest BCUT2D eigenvalue weighted by Gasteiger charge is -2.23. The topological polar surface area (TPSA) is 38.9 Å². The Bertz CT molecular complexity index is 525. The molecule has 18 heavy (non-hydrogen) atoms. The second-order valence-corrected chi connectivity index (χ2v) is 5.01. The molecule has 0 fully saturated rings.